The highest BCUT2D eigenvalue weighted by Gasteiger charge is 2.58. The smallest absolute Gasteiger partial charge is 0.314 e. The van der Waals surface area contributed by atoms with Crippen molar-refractivity contribution >= 4 is 11.8 Å². The van der Waals surface area contributed by atoms with Crippen molar-refractivity contribution in [1.29, 1.82) is 0 Å². The van der Waals surface area contributed by atoms with E-state index >= 15 is 0 Å². The summed E-state index contributed by atoms with van der Waals surface area (Å²) in [5.74, 6) is -5.39. The molecule has 3 rings (SSSR count). The summed E-state index contributed by atoms with van der Waals surface area (Å²) in [7, 11) is 2.88. The van der Waals surface area contributed by atoms with Crippen molar-refractivity contribution in [3.63, 3.8) is 0 Å². The lowest BCUT2D eigenvalue weighted by Crippen LogP contribution is -2.65. The van der Waals surface area contributed by atoms with Crippen LogP contribution in [-0.4, -0.2) is 66.4 Å². The minimum Gasteiger partial charge on any atom is -0.457 e. The number of rotatable bonds is 3. The average molecular weight is 505 g/mol. The van der Waals surface area contributed by atoms with Crippen molar-refractivity contribution in [3.05, 3.63) is 48.0 Å². The lowest BCUT2D eigenvalue weighted by atomic mass is 9.79. The van der Waals surface area contributed by atoms with Gasteiger partial charge in [0.25, 0.3) is 0 Å². The first kappa shape index (κ1) is 28.5. The normalized spacial score (nSPS) is 39.9. The van der Waals surface area contributed by atoms with E-state index in [1.165, 1.54) is 14.0 Å². The summed E-state index contributed by atoms with van der Waals surface area (Å²) in [6.07, 6.45) is 2.21. The van der Waals surface area contributed by atoms with Crippen LogP contribution in [0.2, 0.25) is 0 Å². The lowest BCUT2D eigenvalue weighted by molar-refractivity contribution is -0.321. The van der Waals surface area contributed by atoms with E-state index in [0.29, 0.717) is 12.8 Å². The average Bonchev–Trinajstić information content (AvgIpc) is 2.88. The Balaban J connectivity index is 2.00. The highest BCUT2D eigenvalue weighted by molar-refractivity contribution is 5.89. The third-order valence-corrected chi connectivity index (χ3v) is 7.56. The molecule has 8 nitrogen and oxygen atoms in total. The second kappa shape index (κ2) is 12.4. The van der Waals surface area contributed by atoms with Gasteiger partial charge in [-0.05, 0) is 31.7 Å². The number of hydrogen-bond donors (Lipinski definition) is 2. The molecule has 1 fully saturated rings. The fourth-order valence-electron chi connectivity index (χ4n) is 5.16. The second-order valence-electron chi connectivity index (χ2n) is 9.99. The molecule has 9 atom stereocenters. The van der Waals surface area contributed by atoms with Gasteiger partial charge in [0, 0.05) is 26.1 Å². The first-order chi connectivity index (χ1) is 17.1. The summed E-state index contributed by atoms with van der Waals surface area (Å²) in [5.41, 5.74) is 0.835. The van der Waals surface area contributed by atoms with Crippen LogP contribution in [0.5, 0.6) is 0 Å². The Kier molecular flexibility index (Phi) is 9.83. The Hall–Kier alpha value is -2.10. The first-order valence-electron chi connectivity index (χ1n) is 12.7. The van der Waals surface area contributed by atoms with Crippen LogP contribution in [0, 0.1) is 17.8 Å². The molecule has 0 spiro atoms. The molecule has 2 bridgehead atoms. The van der Waals surface area contributed by atoms with Gasteiger partial charge in [-0.15, -0.1) is 0 Å². The number of ether oxygens (including phenoxy) is 4. The highest BCUT2D eigenvalue weighted by Crippen LogP contribution is 2.40. The summed E-state index contributed by atoms with van der Waals surface area (Å²) in [6, 6.07) is 9.41. The number of hydrogen-bond acceptors (Lipinski definition) is 8. The fraction of sp³-hybridized carbons (Fsp3) is 0.643. The Labute approximate surface area is 213 Å². The van der Waals surface area contributed by atoms with Gasteiger partial charge in [-0.1, -0.05) is 62.8 Å². The van der Waals surface area contributed by atoms with Crippen molar-refractivity contribution in [1.82, 2.24) is 0 Å². The maximum absolute atomic E-state index is 13.4. The van der Waals surface area contributed by atoms with E-state index in [1.807, 2.05) is 37.3 Å². The monoisotopic (exact) mass is 504 g/mol. The topological polar surface area (TPSA) is 112 Å². The standard InChI is InChI=1S/C28H40O8/c1-17-15-16-21(29)23(33-4)14-10-9-13-22(20-11-7-6-8-12-20)35-27(31)19(3)28(32)26(34-5)24(30)18(2)25(17)36-28/h6-8,11-12,15-19,21-23,25-26,29,32H,9-10,13-14H2,1-5H3/b16-15+/t17?,18-,19?,21?,22?,23?,25?,26?,28?/m0/s1. The van der Waals surface area contributed by atoms with E-state index in [0.717, 1.165) is 18.4 Å². The number of Topliss-reactive ketones (excluding diaryl/α,β-unsaturated/α-hetero) is 1. The van der Waals surface area contributed by atoms with Crippen molar-refractivity contribution in [2.45, 2.75) is 82.8 Å². The van der Waals surface area contributed by atoms with E-state index in [9.17, 15) is 19.8 Å². The summed E-state index contributed by atoms with van der Waals surface area (Å²) >= 11 is 0. The van der Waals surface area contributed by atoms with Crippen LogP contribution in [0.15, 0.2) is 42.5 Å². The maximum Gasteiger partial charge on any atom is 0.314 e. The van der Waals surface area contributed by atoms with Gasteiger partial charge in [0.1, 0.15) is 12.0 Å². The van der Waals surface area contributed by atoms with Crippen molar-refractivity contribution in [3.8, 4) is 0 Å². The molecule has 1 saturated heterocycles. The molecule has 1 aromatic rings. The number of cyclic esters (lactones) is 1. The Morgan fingerprint density at radius 1 is 0.972 bits per heavy atom. The van der Waals surface area contributed by atoms with Gasteiger partial charge in [0.15, 0.2) is 11.9 Å². The molecule has 0 saturated carbocycles. The minimum absolute atomic E-state index is 0.353. The fourth-order valence-corrected chi connectivity index (χ4v) is 5.16. The van der Waals surface area contributed by atoms with E-state index in [4.69, 9.17) is 18.9 Å². The van der Waals surface area contributed by atoms with Crippen LogP contribution in [0.4, 0.5) is 0 Å². The van der Waals surface area contributed by atoms with Gasteiger partial charge in [0.2, 0.25) is 5.79 Å². The number of methoxy groups -OCH3 is 2. The second-order valence-corrected chi connectivity index (χ2v) is 9.99. The molecular formula is C28H40O8. The Morgan fingerprint density at radius 2 is 1.64 bits per heavy atom. The third-order valence-electron chi connectivity index (χ3n) is 7.56. The van der Waals surface area contributed by atoms with E-state index < -0.39 is 54.1 Å². The minimum atomic E-state index is -2.21. The highest BCUT2D eigenvalue weighted by atomic mass is 16.7. The number of fused-ring (bicyclic) bond motifs is 2. The van der Waals surface area contributed by atoms with Gasteiger partial charge >= 0.3 is 5.97 Å². The molecule has 2 N–H and O–H groups in total. The molecule has 0 aromatic heterocycles. The van der Waals surface area contributed by atoms with Gasteiger partial charge in [-0.25, -0.2) is 0 Å². The Bertz CT molecular complexity index is 902. The first-order valence-corrected chi connectivity index (χ1v) is 12.7. The molecule has 0 amide bonds. The predicted octanol–water partition coefficient (Wildman–Crippen LogP) is 3.36. The molecule has 2 aliphatic rings. The predicted molar refractivity (Wildman–Crippen MR) is 133 cm³/mol. The number of aliphatic hydroxyl groups is 2. The maximum atomic E-state index is 13.4. The number of carbonyl (C=O) groups excluding carboxylic acids is 2. The van der Waals surface area contributed by atoms with Crippen LogP contribution in [0.25, 0.3) is 0 Å². The van der Waals surface area contributed by atoms with Crippen molar-refractivity contribution < 1.29 is 38.7 Å². The quantitative estimate of drug-likeness (QED) is 0.476. The largest absolute Gasteiger partial charge is 0.457 e. The van der Waals surface area contributed by atoms with Crippen molar-refractivity contribution in [2.24, 2.45) is 17.8 Å². The summed E-state index contributed by atoms with van der Waals surface area (Å²) in [5, 5.41) is 22.4. The van der Waals surface area contributed by atoms with Crippen molar-refractivity contribution in [2.75, 3.05) is 14.2 Å². The zero-order valence-electron chi connectivity index (χ0n) is 21.8. The summed E-state index contributed by atoms with van der Waals surface area (Å²) < 4.78 is 22.9. The van der Waals surface area contributed by atoms with E-state index in [1.54, 1.807) is 26.2 Å². The van der Waals surface area contributed by atoms with E-state index in [2.05, 4.69) is 0 Å². The number of ketones is 1. The summed E-state index contributed by atoms with van der Waals surface area (Å²) in [4.78, 5) is 26.6. The SMILES string of the molecule is COC1CCCCC(c2ccccc2)OC(=O)C(C)C2(O)OC(C(C)/C=C/C1O)[C@@H](C)C(=O)C2OC. The van der Waals surface area contributed by atoms with Crippen LogP contribution in [0.1, 0.15) is 58.1 Å². The van der Waals surface area contributed by atoms with Gasteiger partial charge < -0.3 is 29.2 Å². The molecular weight excluding hydrogens is 464 g/mol. The third kappa shape index (κ3) is 6.06. The zero-order chi connectivity index (χ0) is 26.5. The van der Waals surface area contributed by atoms with Crippen LogP contribution in [0.3, 0.4) is 0 Å². The number of benzene rings is 1. The zero-order valence-corrected chi connectivity index (χ0v) is 21.8. The molecule has 0 radical (unpaired) electrons. The molecule has 8 unspecified atom stereocenters. The molecule has 2 heterocycles. The lowest BCUT2D eigenvalue weighted by Gasteiger charge is -2.47. The van der Waals surface area contributed by atoms with Crippen LogP contribution in [-0.2, 0) is 28.5 Å². The number of aliphatic hydroxyl groups excluding tert-OH is 1. The molecule has 1 aromatic carbocycles. The molecule has 2 aliphatic heterocycles. The number of esters is 1. The number of carbonyl (C=O) groups is 2. The summed E-state index contributed by atoms with van der Waals surface area (Å²) in [6.45, 7) is 5.04. The molecule has 36 heavy (non-hydrogen) atoms. The van der Waals surface area contributed by atoms with Crippen LogP contribution >= 0.6 is 0 Å². The van der Waals surface area contributed by atoms with Gasteiger partial charge in [-0.3, -0.25) is 9.59 Å². The Morgan fingerprint density at radius 3 is 2.28 bits per heavy atom. The van der Waals surface area contributed by atoms with Crippen LogP contribution < -0.4 is 0 Å². The van der Waals surface area contributed by atoms with Gasteiger partial charge in [-0.2, -0.15) is 0 Å². The molecule has 200 valence electrons. The molecule has 0 aliphatic carbocycles. The van der Waals surface area contributed by atoms with E-state index in [-0.39, 0.29) is 11.7 Å². The molecule has 8 heteroatoms. The van der Waals surface area contributed by atoms with Gasteiger partial charge in [0.05, 0.1) is 18.3 Å².